The van der Waals surface area contributed by atoms with Gasteiger partial charge in [0.25, 0.3) is 11.0 Å². The van der Waals surface area contributed by atoms with Gasteiger partial charge < -0.3 is 35.4 Å². The molecule has 0 aliphatic heterocycles. The average Bonchev–Trinajstić information content (AvgIpc) is 3.71. The molecule has 1 aliphatic carbocycles. The fourth-order valence-corrected chi connectivity index (χ4v) is 5.90. The molecular weight excluding hydrogens is 620 g/mol. The minimum absolute atomic E-state index is 0.00104. The van der Waals surface area contributed by atoms with Crippen molar-refractivity contribution >= 4 is 48.0 Å². The van der Waals surface area contributed by atoms with Crippen molar-refractivity contribution in [1.29, 1.82) is 0 Å². The van der Waals surface area contributed by atoms with Crippen LogP contribution in [-0.4, -0.2) is 61.3 Å². The van der Waals surface area contributed by atoms with Crippen molar-refractivity contribution in [3.63, 3.8) is 0 Å². The van der Waals surface area contributed by atoms with Gasteiger partial charge in [-0.15, -0.1) is 0 Å². The highest BCUT2D eigenvalue weighted by Crippen LogP contribution is 2.42. The third-order valence-corrected chi connectivity index (χ3v) is 8.68. The van der Waals surface area contributed by atoms with Gasteiger partial charge in [-0.2, -0.15) is 13.2 Å². The van der Waals surface area contributed by atoms with Crippen LogP contribution in [0.15, 0.2) is 71.6 Å². The molecule has 0 spiro atoms. The first kappa shape index (κ1) is 32.4. The molecule has 2 radical (unpaired) electrons. The number of nitrogens with zero attached hydrogens (tertiary/aromatic N) is 1. The molecule has 0 saturated heterocycles. The second kappa shape index (κ2) is 12.0. The van der Waals surface area contributed by atoms with Gasteiger partial charge in [-0.1, -0.05) is 41.6 Å². The Hall–Kier alpha value is -3.04. The van der Waals surface area contributed by atoms with Crippen LogP contribution in [0.2, 0.25) is 5.02 Å². The summed E-state index contributed by atoms with van der Waals surface area (Å²) in [5.74, 6) is -0.500. The number of alkyl halides is 3. The summed E-state index contributed by atoms with van der Waals surface area (Å²) in [6.07, 6.45) is -2.75. The summed E-state index contributed by atoms with van der Waals surface area (Å²) in [7, 11) is 4.96. The van der Waals surface area contributed by atoms with Crippen LogP contribution in [0.4, 0.5) is 13.2 Å². The van der Waals surface area contributed by atoms with Crippen LogP contribution in [0.3, 0.4) is 0 Å². The molecule has 5 rings (SSSR count). The molecule has 1 saturated carbocycles. The molecule has 8 nitrogen and oxygen atoms in total. The van der Waals surface area contributed by atoms with Crippen molar-refractivity contribution in [1.82, 2.24) is 9.88 Å². The van der Waals surface area contributed by atoms with E-state index in [0.29, 0.717) is 16.6 Å². The fourth-order valence-electron chi connectivity index (χ4n) is 4.98. The topological polar surface area (TPSA) is 135 Å². The number of halogens is 4. The molecule has 0 bridgehead atoms. The number of nitrogens with one attached hydrogen (secondary N) is 1. The van der Waals surface area contributed by atoms with Gasteiger partial charge >= 0.3 is 6.18 Å². The standard InChI is InChI=1S/C30H27BClF3N2O6S/c31-29(40,41)30(42,43)44-23-8-2-16(3-9-23)25(15-38)36-27(39)18-4-10-26-19(11-18)13-22(37(26)21-6-7-21)12-17-1-5-20(32)14-24(17)28(33,34)35/h1-5,8-11,13-14,21,25,38,40-43H,6-7,12,15H2,(H,36,39). The predicted octanol–water partition coefficient (Wildman–Crippen LogP) is 4.24. The molecule has 1 heterocycles. The Morgan fingerprint density at radius 2 is 1.70 bits per heavy atom. The lowest BCUT2D eigenvalue weighted by Crippen LogP contribution is -2.52. The quantitative estimate of drug-likeness (QED) is 0.0862. The number of aromatic nitrogens is 1. The van der Waals surface area contributed by atoms with Crippen LogP contribution in [0.5, 0.6) is 0 Å². The van der Waals surface area contributed by atoms with E-state index in [1.54, 1.807) is 24.3 Å². The van der Waals surface area contributed by atoms with Crippen molar-refractivity contribution in [2.45, 2.75) is 53.2 Å². The molecule has 230 valence electrons. The first-order chi connectivity index (χ1) is 20.6. The number of hydrogen-bond donors (Lipinski definition) is 6. The van der Waals surface area contributed by atoms with Crippen molar-refractivity contribution < 1.29 is 43.5 Å². The van der Waals surface area contributed by atoms with Crippen molar-refractivity contribution in [3.8, 4) is 0 Å². The highest BCUT2D eigenvalue weighted by Gasteiger charge is 2.43. The van der Waals surface area contributed by atoms with E-state index in [1.807, 2.05) is 4.57 Å². The van der Waals surface area contributed by atoms with E-state index in [9.17, 15) is 43.5 Å². The van der Waals surface area contributed by atoms with Gasteiger partial charge in [-0.25, -0.2) is 0 Å². The van der Waals surface area contributed by atoms with E-state index in [1.165, 1.54) is 36.4 Å². The second-order valence-electron chi connectivity index (χ2n) is 10.7. The molecule has 4 aromatic rings. The van der Waals surface area contributed by atoms with Crippen LogP contribution < -0.4 is 5.32 Å². The van der Waals surface area contributed by atoms with Crippen LogP contribution in [0, 0.1) is 0 Å². The Morgan fingerprint density at radius 1 is 1.02 bits per heavy atom. The number of thioether (sulfide) groups is 1. The Morgan fingerprint density at radius 3 is 2.30 bits per heavy atom. The number of rotatable bonds is 10. The number of benzene rings is 3. The van der Waals surface area contributed by atoms with Crippen LogP contribution in [0.1, 0.15) is 57.7 Å². The molecule has 1 aromatic heterocycles. The zero-order chi connectivity index (χ0) is 32.0. The maximum Gasteiger partial charge on any atom is 0.416 e. The fraction of sp³-hybridized carbons (Fsp3) is 0.300. The highest BCUT2D eigenvalue weighted by molar-refractivity contribution is 8.00. The summed E-state index contributed by atoms with van der Waals surface area (Å²) in [5.41, 5.74) is -1.75. The molecule has 1 unspecified atom stereocenters. The third kappa shape index (κ3) is 6.94. The van der Waals surface area contributed by atoms with E-state index >= 15 is 0 Å². The number of carbonyl (C=O) groups excluding carboxylic acids is 1. The maximum atomic E-state index is 13.8. The molecular formula is C30H27BClF3N2O6S. The molecule has 1 fully saturated rings. The summed E-state index contributed by atoms with van der Waals surface area (Å²) in [4.78, 5) is 13.4. The number of hydrogen-bond acceptors (Lipinski definition) is 7. The number of amides is 1. The van der Waals surface area contributed by atoms with Gasteiger partial charge in [0.2, 0.25) is 0 Å². The van der Waals surface area contributed by atoms with Gasteiger partial charge in [0.05, 0.1) is 18.2 Å². The minimum Gasteiger partial charge on any atom is -0.394 e. The van der Waals surface area contributed by atoms with Crippen molar-refractivity contribution in [3.05, 3.63) is 99.7 Å². The van der Waals surface area contributed by atoms with Crippen LogP contribution in [-0.2, 0) is 12.6 Å². The molecule has 14 heteroatoms. The first-order valence-electron chi connectivity index (χ1n) is 13.5. The maximum absolute atomic E-state index is 13.8. The monoisotopic (exact) mass is 646 g/mol. The lowest BCUT2D eigenvalue weighted by atomic mass is 9.94. The SMILES string of the molecule is [B]C(O)(O)C(O)(O)Sc1ccc(C(CO)NC(=O)c2ccc3c(c2)cc(Cc2ccc(Cl)cc2C(F)(F)F)n3C2CC2)cc1. The Bertz CT molecular complexity index is 1690. The largest absolute Gasteiger partial charge is 0.416 e. The minimum atomic E-state index is -4.57. The van der Waals surface area contributed by atoms with Crippen LogP contribution in [0.25, 0.3) is 10.9 Å². The van der Waals surface area contributed by atoms with E-state index in [4.69, 9.17) is 19.4 Å². The number of aliphatic hydroxyl groups excluding tert-OH is 1. The highest BCUT2D eigenvalue weighted by atomic mass is 35.5. The zero-order valence-electron chi connectivity index (χ0n) is 22.9. The molecule has 6 N–H and O–H groups in total. The number of aliphatic hydroxyl groups is 5. The van der Waals surface area contributed by atoms with Gasteiger partial charge in [0.1, 0.15) is 0 Å². The average molecular weight is 647 g/mol. The molecule has 1 atom stereocenters. The van der Waals surface area contributed by atoms with Gasteiger partial charge in [-0.3, -0.25) is 4.79 Å². The summed E-state index contributed by atoms with van der Waals surface area (Å²) in [5, 5.41) is 48.5. The van der Waals surface area contributed by atoms with Gasteiger partial charge in [0, 0.05) is 44.5 Å². The van der Waals surface area contributed by atoms with Crippen molar-refractivity contribution in [2.24, 2.45) is 0 Å². The van der Waals surface area contributed by atoms with E-state index in [-0.39, 0.29) is 45.3 Å². The van der Waals surface area contributed by atoms with E-state index in [2.05, 4.69) is 5.32 Å². The Labute approximate surface area is 260 Å². The lowest BCUT2D eigenvalue weighted by Gasteiger charge is -2.31. The Balaban J connectivity index is 1.37. The summed E-state index contributed by atoms with van der Waals surface area (Å²) in [6.45, 7) is -0.464. The normalized spacial score (nSPS) is 15.0. The second-order valence-corrected chi connectivity index (χ2v) is 12.4. The molecule has 44 heavy (non-hydrogen) atoms. The van der Waals surface area contributed by atoms with Crippen LogP contribution >= 0.6 is 23.4 Å². The predicted molar refractivity (Wildman–Crippen MR) is 159 cm³/mol. The van der Waals surface area contributed by atoms with E-state index < -0.39 is 41.1 Å². The number of carbonyl (C=O) groups is 1. The summed E-state index contributed by atoms with van der Waals surface area (Å²) in [6, 6.07) is 15.7. The summed E-state index contributed by atoms with van der Waals surface area (Å²) >= 11 is 6.14. The lowest BCUT2D eigenvalue weighted by molar-refractivity contribution is -0.261. The summed E-state index contributed by atoms with van der Waals surface area (Å²) < 4.78 is 43.3. The first-order valence-corrected chi connectivity index (χ1v) is 14.7. The Kier molecular flexibility index (Phi) is 8.86. The van der Waals surface area contributed by atoms with Crippen molar-refractivity contribution in [2.75, 3.05) is 6.61 Å². The molecule has 1 amide bonds. The smallest absolute Gasteiger partial charge is 0.394 e. The zero-order valence-corrected chi connectivity index (χ0v) is 24.5. The van der Waals surface area contributed by atoms with Gasteiger partial charge in [0.15, 0.2) is 13.5 Å². The third-order valence-electron chi connectivity index (χ3n) is 7.35. The molecule has 3 aromatic carbocycles. The van der Waals surface area contributed by atoms with Gasteiger partial charge in [-0.05, 0) is 72.5 Å². The number of fused-ring (bicyclic) bond motifs is 1. The molecule has 1 aliphatic rings. The van der Waals surface area contributed by atoms with E-state index in [0.717, 1.165) is 24.4 Å².